The molecule has 0 saturated carbocycles. The van der Waals surface area contributed by atoms with Gasteiger partial charge in [0, 0.05) is 6.61 Å². The number of ether oxygens (including phenoxy) is 2. The summed E-state index contributed by atoms with van der Waals surface area (Å²) in [5.41, 5.74) is -0.543. The van der Waals surface area contributed by atoms with Crippen molar-refractivity contribution in [3.63, 3.8) is 0 Å². The van der Waals surface area contributed by atoms with Crippen LogP contribution in [-0.4, -0.2) is 25.8 Å². The van der Waals surface area contributed by atoms with E-state index in [1.54, 1.807) is 0 Å². The van der Waals surface area contributed by atoms with E-state index in [-0.39, 0.29) is 17.8 Å². The van der Waals surface area contributed by atoms with Crippen molar-refractivity contribution in [1.82, 2.24) is 0 Å². The summed E-state index contributed by atoms with van der Waals surface area (Å²) in [6.45, 7) is 16.3. The van der Waals surface area contributed by atoms with Crippen molar-refractivity contribution >= 4 is 5.97 Å². The van der Waals surface area contributed by atoms with Crippen LogP contribution in [0.1, 0.15) is 74.1 Å². The third-order valence-electron chi connectivity index (χ3n) is 4.98. The average Bonchev–Trinajstić information content (AvgIpc) is 2.47. The standard InChI is InChI=1S/C19H38O3/c1-8-11-12-17(9-2)13-22-18(20)19(15(4)5,16(6)7)14-21-10-3/h15-17H,8-14H2,1-7H3. The van der Waals surface area contributed by atoms with Crippen molar-refractivity contribution in [2.75, 3.05) is 19.8 Å². The number of hydrogen-bond acceptors (Lipinski definition) is 3. The van der Waals surface area contributed by atoms with Gasteiger partial charge in [0.1, 0.15) is 0 Å². The van der Waals surface area contributed by atoms with E-state index < -0.39 is 5.41 Å². The highest BCUT2D eigenvalue weighted by atomic mass is 16.5. The lowest BCUT2D eigenvalue weighted by atomic mass is 9.69. The van der Waals surface area contributed by atoms with Gasteiger partial charge in [0.15, 0.2) is 0 Å². The van der Waals surface area contributed by atoms with Crippen LogP contribution in [0, 0.1) is 23.2 Å². The number of unbranched alkanes of at least 4 members (excludes halogenated alkanes) is 1. The van der Waals surface area contributed by atoms with Crippen molar-refractivity contribution < 1.29 is 14.3 Å². The third kappa shape index (κ3) is 5.91. The van der Waals surface area contributed by atoms with E-state index in [0.29, 0.717) is 25.7 Å². The summed E-state index contributed by atoms with van der Waals surface area (Å²) in [4.78, 5) is 12.8. The maximum absolute atomic E-state index is 12.8. The van der Waals surface area contributed by atoms with Crippen LogP contribution in [0.4, 0.5) is 0 Å². The second-order valence-electron chi connectivity index (χ2n) is 7.00. The van der Waals surface area contributed by atoms with E-state index in [0.717, 1.165) is 12.8 Å². The molecule has 0 aliphatic heterocycles. The van der Waals surface area contributed by atoms with Crippen LogP contribution in [0.2, 0.25) is 0 Å². The largest absolute Gasteiger partial charge is 0.465 e. The smallest absolute Gasteiger partial charge is 0.314 e. The molecule has 1 unspecified atom stereocenters. The van der Waals surface area contributed by atoms with E-state index in [1.807, 2.05) is 6.92 Å². The fourth-order valence-electron chi connectivity index (χ4n) is 3.03. The van der Waals surface area contributed by atoms with Gasteiger partial charge in [-0.2, -0.15) is 0 Å². The first-order valence-electron chi connectivity index (χ1n) is 9.11. The molecule has 0 spiro atoms. The predicted molar refractivity (Wildman–Crippen MR) is 92.9 cm³/mol. The highest BCUT2D eigenvalue weighted by molar-refractivity contribution is 5.77. The number of carbonyl (C=O) groups is 1. The van der Waals surface area contributed by atoms with Crippen molar-refractivity contribution in [3.8, 4) is 0 Å². The summed E-state index contributed by atoms with van der Waals surface area (Å²) in [5.74, 6) is 0.790. The Hall–Kier alpha value is -0.570. The minimum absolute atomic E-state index is 0.0825. The minimum Gasteiger partial charge on any atom is -0.465 e. The van der Waals surface area contributed by atoms with Crippen LogP contribution in [0.15, 0.2) is 0 Å². The second kappa shape index (κ2) is 11.0. The fourth-order valence-corrected chi connectivity index (χ4v) is 3.03. The van der Waals surface area contributed by atoms with Gasteiger partial charge in [-0.25, -0.2) is 0 Å². The Balaban J connectivity index is 4.88. The summed E-state index contributed by atoms with van der Waals surface area (Å²) in [6.07, 6.45) is 4.60. The molecule has 0 aromatic rings. The molecule has 3 heteroatoms. The lowest BCUT2D eigenvalue weighted by Crippen LogP contribution is -2.46. The fraction of sp³-hybridized carbons (Fsp3) is 0.947. The predicted octanol–water partition coefficient (Wildman–Crippen LogP) is 5.08. The van der Waals surface area contributed by atoms with Gasteiger partial charge in [0.2, 0.25) is 0 Å². The first-order valence-corrected chi connectivity index (χ1v) is 9.11. The normalized spacial score (nSPS) is 13.7. The van der Waals surface area contributed by atoms with Gasteiger partial charge in [0.05, 0.1) is 18.6 Å². The zero-order valence-electron chi connectivity index (χ0n) is 15.9. The first-order chi connectivity index (χ1) is 10.4. The zero-order chi connectivity index (χ0) is 17.2. The van der Waals surface area contributed by atoms with Crippen molar-refractivity contribution in [1.29, 1.82) is 0 Å². The molecule has 132 valence electrons. The van der Waals surface area contributed by atoms with E-state index in [9.17, 15) is 4.79 Å². The lowest BCUT2D eigenvalue weighted by molar-refractivity contribution is -0.170. The topological polar surface area (TPSA) is 35.5 Å². The molecule has 0 radical (unpaired) electrons. The molecule has 22 heavy (non-hydrogen) atoms. The molecule has 0 aliphatic rings. The van der Waals surface area contributed by atoms with E-state index >= 15 is 0 Å². The molecule has 0 saturated heterocycles. The number of carbonyl (C=O) groups excluding carboxylic acids is 1. The van der Waals surface area contributed by atoms with Gasteiger partial charge in [-0.3, -0.25) is 4.79 Å². The summed E-state index contributed by atoms with van der Waals surface area (Å²) in [7, 11) is 0. The molecule has 1 atom stereocenters. The summed E-state index contributed by atoms with van der Waals surface area (Å²) >= 11 is 0. The Labute approximate surface area is 138 Å². The number of rotatable bonds is 12. The molecule has 0 fully saturated rings. The molecule has 0 N–H and O–H groups in total. The van der Waals surface area contributed by atoms with Gasteiger partial charge < -0.3 is 9.47 Å². The monoisotopic (exact) mass is 314 g/mol. The maximum atomic E-state index is 12.8. The molecule has 0 amide bonds. The molecule has 0 heterocycles. The Bertz CT molecular complexity index is 289. The zero-order valence-corrected chi connectivity index (χ0v) is 15.9. The third-order valence-corrected chi connectivity index (χ3v) is 4.98. The summed E-state index contributed by atoms with van der Waals surface area (Å²) in [5, 5.41) is 0. The highest BCUT2D eigenvalue weighted by Gasteiger charge is 2.46. The Morgan fingerprint density at radius 3 is 2.05 bits per heavy atom. The molecule has 3 nitrogen and oxygen atoms in total. The summed E-state index contributed by atoms with van der Waals surface area (Å²) in [6, 6.07) is 0. The lowest BCUT2D eigenvalue weighted by Gasteiger charge is -2.38. The maximum Gasteiger partial charge on any atom is 0.314 e. The van der Waals surface area contributed by atoms with Gasteiger partial charge in [0.25, 0.3) is 0 Å². The van der Waals surface area contributed by atoms with Gasteiger partial charge >= 0.3 is 5.97 Å². The van der Waals surface area contributed by atoms with Crippen LogP contribution in [0.5, 0.6) is 0 Å². The van der Waals surface area contributed by atoms with Crippen molar-refractivity contribution in [2.45, 2.75) is 74.1 Å². The Kier molecular flexibility index (Phi) is 10.8. The van der Waals surface area contributed by atoms with Crippen LogP contribution in [-0.2, 0) is 14.3 Å². The van der Waals surface area contributed by atoms with E-state index in [2.05, 4.69) is 41.5 Å². The quantitative estimate of drug-likeness (QED) is 0.471. The number of hydrogen-bond donors (Lipinski definition) is 0. The minimum atomic E-state index is -0.543. The van der Waals surface area contributed by atoms with Crippen LogP contribution >= 0.6 is 0 Å². The Morgan fingerprint density at radius 2 is 1.64 bits per heavy atom. The molecule has 0 rings (SSSR count). The van der Waals surface area contributed by atoms with Gasteiger partial charge in [-0.1, -0.05) is 60.8 Å². The van der Waals surface area contributed by atoms with E-state index in [4.69, 9.17) is 9.47 Å². The van der Waals surface area contributed by atoms with Gasteiger partial charge in [-0.05, 0) is 31.1 Å². The summed E-state index contributed by atoms with van der Waals surface area (Å²) < 4.78 is 11.4. The second-order valence-corrected chi connectivity index (χ2v) is 7.00. The van der Waals surface area contributed by atoms with Crippen LogP contribution in [0.3, 0.4) is 0 Å². The van der Waals surface area contributed by atoms with Crippen LogP contribution < -0.4 is 0 Å². The van der Waals surface area contributed by atoms with Crippen molar-refractivity contribution in [2.24, 2.45) is 23.2 Å². The SMILES string of the molecule is CCCCC(CC)COC(=O)C(COCC)(C(C)C)C(C)C. The Morgan fingerprint density at radius 1 is 1.05 bits per heavy atom. The van der Waals surface area contributed by atoms with Gasteiger partial charge in [-0.15, -0.1) is 0 Å². The molecular weight excluding hydrogens is 276 g/mol. The molecule has 0 bridgehead atoms. The molecule has 0 aliphatic carbocycles. The highest BCUT2D eigenvalue weighted by Crippen LogP contribution is 2.38. The van der Waals surface area contributed by atoms with E-state index in [1.165, 1.54) is 12.8 Å². The molecule has 0 aromatic carbocycles. The van der Waals surface area contributed by atoms with Crippen molar-refractivity contribution in [3.05, 3.63) is 0 Å². The molecular formula is C19H38O3. The average molecular weight is 315 g/mol. The first kappa shape index (κ1) is 21.4. The number of esters is 1. The molecule has 0 aromatic heterocycles. The van der Waals surface area contributed by atoms with Crippen LogP contribution in [0.25, 0.3) is 0 Å².